The monoisotopic (exact) mass is 372 g/mol. The summed E-state index contributed by atoms with van der Waals surface area (Å²) < 4.78 is 1.59. The van der Waals surface area contributed by atoms with E-state index in [0.717, 1.165) is 18.5 Å². The Kier molecular flexibility index (Phi) is 5.41. The molecule has 26 heavy (non-hydrogen) atoms. The van der Waals surface area contributed by atoms with Crippen LogP contribution in [-0.2, 0) is 11.2 Å². The highest BCUT2D eigenvalue weighted by molar-refractivity contribution is 7.99. The highest BCUT2D eigenvalue weighted by Gasteiger charge is 2.28. The first-order valence-corrected chi connectivity index (χ1v) is 9.42. The number of primary amides is 1. The summed E-state index contributed by atoms with van der Waals surface area (Å²) >= 11 is 1.48. The van der Waals surface area contributed by atoms with E-state index in [1.54, 1.807) is 34.9 Å². The number of benzene rings is 1. The molecule has 0 spiro atoms. The number of aryl methyl sites for hydroxylation is 1. The van der Waals surface area contributed by atoms with Gasteiger partial charge in [0.25, 0.3) is 11.5 Å². The lowest BCUT2D eigenvalue weighted by Gasteiger charge is -2.14. The first-order valence-electron chi connectivity index (χ1n) is 8.43. The molecular weight excluding hydrogens is 352 g/mol. The van der Waals surface area contributed by atoms with Crippen molar-refractivity contribution in [1.29, 1.82) is 0 Å². The molecule has 0 aliphatic carbocycles. The number of nitrogens with zero attached hydrogens (tertiary/aromatic N) is 2. The maximum absolute atomic E-state index is 12.4. The molecule has 1 aliphatic heterocycles. The van der Waals surface area contributed by atoms with Crippen LogP contribution in [0.2, 0.25) is 0 Å². The average Bonchev–Trinajstić information content (AvgIpc) is 2.98. The number of fused-ring (bicyclic) bond motifs is 1. The van der Waals surface area contributed by atoms with E-state index in [1.165, 1.54) is 11.8 Å². The minimum absolute atomic E-state index is 0.126. The Morgan fingerprint density at radius 3 is 2.88 bits per heavy atom. The molecule has 1 atom stereocenters. The highest BCUT2D eigenvalue weighted by atomic mass is 32.2. The average molecular weight is 372 g/mol. The molecule has 2 aromatic rings. The van der Waals surface area contributed by atoms with Crippen LogP contribution in [-0.4, -0.2) is 27.1 Å². The van der Waals surface area contributed by atoms with Crippen molar-refractivity contribution in [2.75, 3.05) is 11.1 Å². The lowest BCUT2D eigenvalue weighted by atomic mass is 10.1. The number of nitrogens with two attached hydrogens (primary N) is 1. The largest absolute Gasteiger partial charge is 0.366 e. The second-order valence-electron chi connectivity index (χ2n) is 6.12. The van der Waals surface area contributed by atoms with Crippen molar-refractivity contribution >= 4 is 29.3 Å². The molecule has 7 nitrogen and oxygen atoms in total. The number of anilines is 1. The van der Waals surface area contributed by atoms with Crippen molar-refractivity contribution in [3.05, 3.63) is 51.9 Å². The SMILES string of the molecule is CCCc1cc(=O)n2c(n1)SCC2CC(=O)Nc1ccccc1C(N)=O. The van der Waals surface area contributed by atoms with E-state index >= 15 is 0 Å². The van der Waals surface area contributed by atoms with Gasteiger partial charge in [0, 0.05) is 23.9 Å². The minimum atomic E-state index is -0.605. The molecule has 0 bridgehead atoms. The first-order chi connectivity index (χ1) is 12.5. The van der Waals surface area contributed by atoms with E-state index < -0.39 is 5.91 Å². The van der Waals surface area contributed by atoms with Crippen LogP contribution in [0.4, 0.5) is 5.69 Å². The smallest absolute Gasteiger partial charge is 0.254 e. The highest BCUT2D eigenvalue weighted by Crippen LogP contribution is 2.32. The van der Waals surface area contributed by atoms with E-state index in [0.29, 0.717) is 16.6 Å². The summed E-state index contributed by atoms with van der Waals surface area (Å²) in [6.07, 6.45) is 1.81. The molecule has 136 valence electrons. The molecule has 1 aromatic heterocycles. The van der Waals surface area contributed by atoms with Crippen LogP contribution < -0.4 is 16.6 Å². The number of hydrogen-bond acceptors (Lipinski definition) is 5. The van der Waals surface area contributed by atoms with Gasteiger partial charge in [-0.3, -0.25) is 19.0 Å². The van der Waals surface area contributed by atoms with Crippen LogP contribution in [0.1, 0.15) is 41.9 Å². The maximum atomic E-state index is 12.4. The molecule has 0 saturated carbocycles. The third kappa shape index (κ3) is 3.80. The van der Waals surface area contributed by atoms with Gasteiger partial charge in [-0.25, -0.2) is 4.98 Å². The molecule has 0 saturated heterocycles. The van der Waals surface area contributed by atoms with Gasteiger partial charge < -0.3 is 11.1 Å². The summed E-state index contributed by atoms with van der Waals surface area (Å²) in [5.74, 6) is -0.267. The normalized spacial score (nSPS) is 15.5. The van der Waals surface area contributed by atoms with Gasteiger partial charge in [-0.15, -0.1) is 0 Å². The summed E-state index contributed by atoms with van der Waals surface area (Å²) in [4.78, 5) is 40.8. The molecule has 1 unspecified atom stereocenters. The summed E-state index contributed by atoms with van der Waals surface area (Å²) in [6.45, 7) is 2.04. The van der Waals surface area contributed by atoms with Crippen molar-refractivity contribution < 1.29 is 9.59 Å². The van der Waals surface area contributed by atoms with E-state index in [9.17, 15) is 14.4 Å². The fraction of sp³-hybridized carbons (Fsp3) is 0.333. The fourth-order valence-electron chi connectivity index (χ4n) is 2.96. The van der Waals surface area contributed by atoms with Crippen molar-refractivity contribution in [3.63, 3.8) is 0 Å². The van der Waals surface area contributed by atoms with E-state index in [-0.39, 0.29) is 29.5 Å². The van der Waals surface area contributed by atoms with Crippen molar-refractivity contribution in [2.45, 2.75) is 37.4 Å². The summed E-state index contributed by atoms with van der Waals surface area (Å²) in [6, 6.07) is 7.87. The number of nitrogens with one attached hydrogen (secondary N) is 1. The van der Waals surface area contributed by atoms with E-state index in [2.05, 4.69) is 10.3 Å². The molecule has 1 aromatic carbocycles. The predicted molar refractivity (Wildman–Crippen MR) is 100 cm³/mol. The van der Waals surface area contributed by atoms with Gasteiger partial charge in [-0.05, 0) is 18.6 Å². The molecule has 0 radical (unpaired) electrons. The lowest BCUT2D eigenvalue weighted by Crippen LogP contribution is -2.28. The first kappa shape index (κ1) is 18.2. The lowest BCUT2D eigenvalue weighted by molar-refractivity contribution is -0.116. The van der Waals surface area contributed by atoms with Gasteiger partial charge in [0.1, 0.15) is 0 Å². The van der Waals surface area contributed by atoms with Crippen molar-refractivity contribution in [2.24, 2.45) is 5.73 Å². The third-order valence-electron chi connectivity index (χ3n) is 4.14. The van der Waals surface area contributed by atoms with Crippen LogP contribution in [0.15, 0.2) is 40.3 Å². The van der Waals surface area contributed by atoms with Crippen LogP contribution in [0.25, 0.3) is 0 Å². The zero-order valence-electron chi connectivity index (χ0n) is 14.4. The number of hydrogen-bond donors (Lipinski definition) is 2. The topological polar surface area (TPSA) is 107 Å². The van der Waals surface area contributed by atoms with E-state index in [4.69, 9.17) is 5.73 Å². The van der Waals surface area contributed by atoms with Gasteiger partial charge in [0.05, 0.1) is 17.3 Å². The summed E-state index contributed by atoms with van der Waals surface area (Å²) in [5, 5.41) is 3.38. The molecular formula is C18H20N4O3S. The number of rotatable bonds is 6. The molecule has 8 heteroatoms. The van der Waals surface area contributed by atoms with Crippen LogP contribution in [0, 0.1) is 0 Å². The Balaban J connectivity index is 1.75. The minimum Gasteiger partial charge on any atom is -0.366 e. The van der Waals surface area contributed by atoms with Gasteiger partial charge >= 0.3 is 0 Å². The molecule has 2 amide bonds. The number of amides is 2. The Morgan fingerprint density at radius 2 is 2.15 bits per heavy atom. The number of thioether (sulfide) groups is 1. The van der Waals surface area contributed by atoms with Gasteiger partial charge in [-0.2, -0.15) is 0 Å². The summed E-state index contributed by atoms with van der Waals surface area (Å²) in [5.41, 5.74) is 6.62. The fourth-order valence-corrected chi connectivity index (χ4v) is 4.12. The Hall–Kier alpha value is -2.61. The quantitative estimate of drug-likeness (QED) is 0.754. The number of para-hydroxylation sites is 1. The Bertz CT molecular complexity index is 910. The van der Waals surface area contributed by atoms with Crippen LogP contribution in [0.5, 0.6) is 0 Å². The molecule has 2 heterocycles. The number of carbonyl (C=O) groups is 2. The zero-order valence-corrected chi connectivity index (χ0v) is 15.2. The van der Waals surface area contributed by atoms with Crippen LogP contribution >= 0.6 is 11.8 Å². The summed E-state index contributed by atoms with van der Waals surface area (Å²) in [7, 11) is 0. The van der Waals surface area contributed by atoms with Gasteiger partial charge in [0.2, 0.25) is 5.91 Å². The number of carbonyl (C=O) groups excluding carboxylic acids is 2. The second kappa shape index (κ2) is 7.74. The molecule has 3 N–H and O–H groups in total. The van der Waals surface area contributed by atoms with E-state index in [1.807, 2.05) is 6.92 Å². The Labute approximate surface area is 155 Å². The van der Waals surface area contributed by atoms with Crippen molar-refractivity contribution in [3.8, 4) is 0 Å². The predicted octanol–water partition coefficient (Wildman–Crippen LogP) is 1.97. The molecule has 1 aliphatic rings. The standard InChI is InChI=1S/C18H20N4O3S/c1-2-5-11-8-16(24)22-12(10-26-18(22)20-11)9-15(23)21-14-7-4-3-6-13(14)17(19)25/h3-4,6-8,12H,2,5,9-10H2,1H3,(H2,19,25)(H,21,23). The third-order valence-corrected chi connectivity index (χ3v) is 5.23. The maximum Gasteiger partial charge on any atom is 0.254 e. The number of aromatic nitrogens is 2. The van der Waals surface area contributed by atoms with Gasteiger partial charge in [0.15, 0.2) is 5.16 Å². The Morgan fingerprint density at radius 1 is 1.38 bits per heavy atom. The van der Waals surface area contributed by atoms with Crippen molar-refractivity contribution in [1.82, 2.24) is 9.55 Å². The zero-order chi connectivity index (χ0) is 18.7. The second-order valence-corrected chi connectivity index (χ2v) is 7.10. The molecule has 0 fully saturated rings. The van der Waals surface area contributed by atoms with Gasteiger partial charge in [-0.1, -0.05) is 37.2 Å². The molecule has 3 rings (SSSR count). The van der Waals surface area contributed by atoms with Crippen LogP contribution in [0.3, 0.4) is 0 Å².